The first-order chi connectivity index (χ1) is 10.7. The Morgan fingerprint density at radius 2 is 1.45 bits per heavy atom. The van der Waals surface area contributed by atoms with Gasteiger partial charge in [0, 0.05) is 3.67 Å². The molecular weight excluding hydrogens is 417 g/mol. The van der Waals surface area contributed by atoms with Crippen LogP contribution in [0.3, 0.4) is 0 Å². The standard InChI is InChI=1S/C19H29IP2/c1-4-15-11-10-14(3)21(15)17-8-6-7-9-18(17)22-16(5-2)12-13-19(22)20/h6-9,14-16,19H,4-5,10-13H2,1-3H3/t14-,15-,16-,19+,21?,22?/m1/s1. The highest BCUT2D eigenvalue weighted by molar-refractivity contribution is 14.1. The molecule has 0 bridgehead atoms. The van der Waals surface area contributed by atoms with E-state index < -0.39 is 0 Å². The Balaban J connectivity index is 1.99. The van der Waals surface area contributed by atoms with Crippen molar-refractivity contribution < 1.29 is 0 Å². The number of hydrogen-bond donors (Lipinski definition) is 0. The molecule has 2 heterocycles. The smallest absolute Gasteiger partial charge is 0.0354 e. The second-order valence-corrected chi connectivity index (χ2v) is 14.9. The van der Waals surface area contributed by atoms with Crippen LogP contribution < -0.4 is 10.6 Å². The van der Waals surface area contributed by atoms with Gasteiger partial charge in [0.1, 0.15) is 0 Å². The minimum atomic E-state index is 0.0579. The summed E-state index contributed by atoms with van der Waals surface area (Å²) in [6.07, 6.45) is 8.61. The molecule has 0 nitrogen and oxygen atoms in total. The average Bonchev–Trinajstić information content (AvgIpc) is 3.09. The van der Waals surface area contributed by atoms with Gasteiger partial charge in [-0.3, -0.25) is 0 Å². The van der Waals surface area contributed by atoms with Crippen LogP contribution in [0, 0.1) is 0 Å². The zero-order valence-corrected chi connectivity index (χ0v) is 18.1. The predicted molar refractivity (Wildman–Crippen MR) is 113 cm³/mol. The lowest BCUT2D eigenvalue weighted by atomic mass is 10.2. The highest BCUT2D eigenvalue weighted by atomic mass is 127. The molecule has 6 atom stereocenters. The zero-order chi connectivity index (χ0) is 15.7. The minimum Gasteiger partial charge on any atom is -0.0771 e. The first kappa shape index (κ1) is 17.6. The van der Waals surface area contributed by atoms with E-state index >= 15 is 0 Å². The van der Waals surface area contributed by atoms with Crippen molar-refractivity contribution in [1.82, 2.24) is 0 Å². The van der Waals surface area contributed by atoms with Gasteiger partial charge in [-0.05, 0) is 66.1 Å². The number of hydrogen-bond acceptors (Lipinski definition) is 0. The maximum atomic E-state index is 2.77. The molecule has 2 saturated heterocycles. The van der Waals surface area contributed by atoms with Crippen LogP contribution in [0.4, 0.5) is 0 Å². The summed E-state index contributed by atoms with van der Waals surface area (Å²) in [6, 6.07) is 9.66. The van der Waals surface area contributed by atoms with Gasteiger partial charge in [0.2, 0.25) is 0 Å². The summed E-state index contributed by atoms with van der Waals surface area (Å²) in [6.45, 7) is 7.35. The first-order valence-electron chi connectivity index (χ1n) is 8.97. The van der Waals surface area contributed by atoms with Crippen molar-refractivity contribution in [3.8, 4) is 0 Å². The van der Waals surface area contributed by atoms with Crippen molar-refractivity contribution in [2.75, 3.05) is 0 Å². The molecule has 2 fully saturated rings. The van der Waals surface area contributed by atoms with Crippen LogP contribution in [0.15, 0.2) is 24.3 Å². The molecule has 1 aromatic rings. The number of alkyl halides is 1. The summed E-state index contributed by atoms with van der Waals surface area (Å²) < 4.78 is 0.909. The van der Waals surface area contributed by atoms with Gasteiger partial charge in [0.15, 0.2) is 0 Å². The molecule has 22 heavy (non-hydrogen) atoms. The quantitative estimate of drug-likeness (QED) is 0.294. The van der Waals surface area contributed by atoms with Crippen molar-refractivity contribution in [3.05, 3.63) is 24.3 Å². The van der Waals surface area contributed by atoms with E-state index in [1.54, 1.807) is 5.30 Å². The molecular formula is C19H29IP2. The molecule has 0 N–H and O–H groups in total. The molecule has 3 heteroatoms. The largest absolute Gasteiger partial charge is 0.0771 e. The van der Waals surface area contributed by atoms with Gasteiger partial charge < -0.3 is 0 Å². The van der Waals surface area contributed by atoms with E-state index in [4.69, 9.17) is 0 Å². The van der Waals surface area contributed by atoms with E-state index in [9.17, 15) is 0 Å². The van der Waals surface area contributed by atoms with Gasteiger partial charge in [-0.15, -0.1) is 0 Å². The maximum Gasteiger partial charge on any atom is 0.0354 e. The monoisotopic (exact) mass is 446 g/mol. The molecule has 0 amide bonds. The van der Waals surface area contributed by atoms with Crippen LogP contribution in [-0.2, 0) is 0 Å². The van der Waals surface area contributed by atoms with Crippen LogP contribution in [0.2, 0.25) is 0 Å². The van der Waals surface area contributed by atoms with Crippen LogP contribution in [-0.4, -0.2) is 20.6 Å². The van der Waals surface area contributed by atoms with Crippen molar-refractivity contribution in [2.24, 2.45) is 0 Å². The molecule has 1 aromatic carbocycles. The van der Waals surface area contributed by atoms with E-state index in [2.05, 4.69) is 67.6 Å². The summed E-state index contributed by atoms with van der Waals surface area (Å²) in [7, 11) is 0.126. The van der Waals surface area contributed by atoms with Gasteiger partial charge in [-0.25, -0.2) is 0 Å². The van der Waals surface area contributed by atoms with Crippen molar-refractivity contribution >= 4 is 49.0 Å². The summed E-state index contributed by atoms with van der Waals surface area (Å²) in [5, 5.41) is 3.61. The summed E-state index contributed by atoms with van der Waals surface area (Å²) >= 11 is 2.77. The number of rotatable bonds is 4. The zero-order valence-electron chi connectivity index (χ0n) is 14.1. The lowest BCUT2D eigenvalue weighted by Crippen LogP contribution is -2.29. The molecule has 2 unspecified atom stereocenters. The molecule has 0 spiro atoms. The SMILES string of the molecule is CC[C@@H]1CC[C@@H](C)P1c1ccccc1P1[C@H](CC)CC[C@H]1I. The van der Waals surface area contributed by atoms with Gasteiger partial charge >= 0.3 is 0 Å². The molecule has 2 aliphatic rings. The first-order valence-corrected chi connectivity index (χ1v) is 13.2. The second-order valence-electron chi connectivity index (χ2n) is 6.87. The normalized spacial score (nSPS) is 38.5. The Labute approximate surface area is 152 Å². The third kappa shape index (κ3) is 3.29. The molecule has 0 radical (unpaired) electrons. The third-order valence-electron chi connectivity index (χ3n) is 5.60. The molecule has 0 saturated carbocycles. The lowest BCUT2D eigenvalue weighted by Gasteiger charge is -2.31. The summed E-state index contributed by atoms with van der Waals surface area (Å²) in [5.41, 5.74) is 2.90. The Bertz CT molecular complexity index is 459. The van der Waals surface area contributed by atoms with Crippen molar-refractivity contribution in [3.63, 3.8) is 0 Å². The van der Waals surface area contributed by atoms with Crippen LogP contribution >= 0.6 is 38.4 Å². The van der Waals surface area contributed by atoms with Crippen LogP contribution in [0.5, 0.6) is 0 Å². The van der Waals surface area contributed by atoms with Crippen molar-refractivity contribution in [1.29, 1.82) is 0 Å². The fourth-order valence-electron chi connectivity index (χ4n) is 4.39. The predicted octanol–water partition coefficient (Wildman–Crippen LogP) is 6.20. The fraction of sp³-hybridized carbons (Fsp3) is 0.684. The third-order valence-corrected chi connectivity index (χ3v) is 15.0. The Hall–Kier alpha value is 0.810. The molecule has 2 aliphatic heterocycles. The van der Waals surface area contributed by atoms with Gasteiger partial charge in [0.25, 0.3) is 0 Å². The molecule has 122 valence electrons. The minimum absolute atomic E-state index is 0.0579. The molecule has 0 aliphatic carbocycles. The van der Waals surface area contributed by atoms with E-state index in [0.717, 1.165) is 20.6 Å². The van der Waals surface area contributed by atoms with Crippen LogP contribution in [0.1, 0.15) is 59.3 Å². The summed E-state index contributed by atoms with van der Waals surface area (Å²) in [4.78, 5) is 0. The Kier molecular flexibility index (Phi) is 6.25. The highest BCUT2D eigenvalue weighted by Gasteiger charge is 2.39. The summed E-state index contributed by atoms with van der Waals surface area (Å²) in [5.74, 6) is 0. The molecule has 0 aromatic heterocycles. The molecule has 3 rings (SSSR count). The van der Waals surface area contributed by atoms with Gasteiger partial charge in [-0.2, -0.15) is 0 Å². The Morgan fingerprint density at radius 1 is 0.909 bits per heavy atom. The topological polar surface area (TPSA) is 0 Å². The fourth-order valence-corrected chi connectivity index (χ4v) is 14.1. The van der Waals surface area contributed by atoms with Crippen molar-refractivity contribution in [2.45, 2.75) is 79.9 Å². The van der Waals surface area contributed by atoms with Gasteiger partial charge in [0.05, 0.1) is 0 Å². The van der Waals surface area contributed by atoms with Crippen LogP contribution in [0.25, 0.3) is 0 Å². The Morgan fingerprint density at radius 3 is 2.09 bits per heavy atom. The van der Waals surface area contributed by atoms with E-state index in [-0.39, 0.29) is 15.8 Å². The number of halogens is 1. The number of benzene rings is 1. The maximum absolute atomic E-state index is 2.77. The van der Waals surface area contributed by atoms with E-state index in [0.29, 0.717) is 0 Å². The van der Waals surface area contributed by atoms with E-state index in [1.807, 2.05) is 5.30 Å². The second kappa shape index (κ2) is 7.79. The highest BCUT2D eigenvalue weighted by Crippen LogP contribution is 2.61. The average molecular weight is 446 g/mol. The van der Waals surface area contributed by atoms with Gasteiger partial charge in [-0.1, -0.05) is 83.5 Å². The lowest BCUT2D eigenvalue weighted by molar-refractivity contribution is 0.726. The van der Waals surface area contributed by atoms with E-state index in [1.165, 1.54) is 38.5 Å².